The van der Waals surface area contributed by atoms with E-state index in [0.29, 0.717) is 31.2 Å². The molecular formula is C38H55N3O8. The molecule has 270 valence electrons. The Morgan fingerprint density at radius 1 is 1.18 bits per heavy atom. The third-order valence-electron chi connectivity index (χ3n) is 9.98. The van der Waals surface area contributed by atoms with Crippen molar-refractivity contribution in [2.24, 2.45) is 17.8 Å². The Hall–Kier alpha value is -3.54. The number of likely N-dealkylation sites (tertiary alicyclic amines) is 1. The van der Waals surface area contributed by atoms with Gasteiger partial charge in [0.05, 0.1) is 43.2 Å². The maximum atomic E-state index is 14.7. The van der Waals surface area contributed by atoms with E-state index in [-0.39, 0.29) is 43.9 Å². The van der Waals surface area contributed by atoms with Gasteiger partial charge >= 0.3 is 5.97 Å². The van der Waals surface area contributed by atoms with Crippen molar-refractivity contribution in [3.8, 4) is 0 Å². The van der Waals surface area contributed by atoms with E-state index in [1.54, 1.807) is 17.1 Å². The zero-order chi connectivity index (χ0) is 36.1. The van der Waals surface area contributed by atoms with Crippen molar-refractivity contribution in [2.45, 2.75) is 108 Å². The van der Waals surface area contributed by atoms with Crippen molar-refractivity contribution in [3.63, 3.8) is 0 Å². The van der Waals surface area contributed by atoms with Gasteiger partial charge in [0.2, 0.25) is 17.7 Å². The minimum Gasteiger partial charge on any atom is -0.455 e. The van der Waals surface area contributed by atoms with Crippen molar-refractivity contribution in [1.82, 2.24) is 15.1 Å². The average Bonchev–Trinajstić information content (AvgIpc) is 3.70. The van der Waals surface area contributed by atoms with Gasteiger partial charge in [0.15, 0.2) is 0 Å². The van der Waals surface area contributed by atoms with E-state index in [1.807, 2.05) is 65.0 Å². The Labute approximate surface area is 291 Å². The van der Waals surface area contributed by atoms with Gasteiger partial charge in [-0.05, 0) is 57.9 Å². The predicted octanol–water partition coefficient (Wildman–Crippen LogP) is 3.96. The number of carbonyl (C=O) groups is 4. The normalized spacial score (nSPS) is 26.2. The van der Waals surface area contributed by atoms with Crippen molar-refractivity contribution in [1.29, 1.82) is 0 Å². The van der Waals surface area contributed by atoms with Crippen LogP contribution in [0.3, 0.4) is 0 Å². The number of benzene rings is 1. The number of rotatable bonds is 17. The molecule has 3 amide bonds. The van der Waals surface area contributed by atoms with E-state index in [1.165, 1.54) is 12.0 Å². The van der Waals surface area contributed by atoms with Crippen molar-refractivity contribution in [3.05, 3.63) is 61.2 Å². The van der Waals surface area contributed by atoms with Gasteiger partial charge in [-0.1, -0.05) is 56.3 Å². The molecule has 8 atom stereocenters. The van der Waals surface area contributed by atoms with Crippen LogP contribution in [-0.4, -0.2) is 101 Å². The van der Waals surface area contributed by atoms with Gasteiger partial charge in [-0.3, -0.25) is 19.2 Å². The van der Waals surface area contributed by atoms with E-state index in [4.69, 9.17) is 14.2 Å². The van der Waals surface area contributed by atoms with Crippen LogP contribution in [0.1, 0.15) is 78.4 Å². The third-order valence-corrected chi connectivity index (χ3v) is 9.98. The first-order valence-corrected chi connectivity index (χ1v) is 17.4. The number of allylic oxidation sites excluding steroid dienone is 1. The molecule has 1 spiro atoms. The summed E-state index contributed by atoms with van der Waals surface area (Å²) in [6.45, 7) is 17.3. The first-order chi connectivity index (χ1) is 23.2. The van der Waals surface area contributed by atoms with Crippen LogP contribution in [0, 0.1) is 17.8 Å². The van der Waals surface area contributed by atoms with E-state index in [9.17, 15) is 24.3 Å². The summed E-state index contributed by atoms with van der Waals surface area (Å²) in [6.07, 6.45) is 3.76. The van der Waals surface area contributed by atoms with Gasteiger partial charge in [0.1, 0.15) is 17.7 Å². The van der Waals surface area contributed by atoms with E-state index in [0.717, 1.165) is 0 Å². The number of amides is 3. The van der Waals surface area contributed by atoms with Crippen LogP contribution >= 0.6 is 0 Å². The first-order valence-electron chi connectivity index (χ1n) is 17.4. The topological polar surface area (TPSA) is 135 Å². The molecule has 0 aromatic heterocycles. The number of ether oxygens (including phenoxy) is 3. The molecule has 2 N–H and O–H groups in total. The lowest BCUT2D eigenvalue weighted by molar-refractivity contribution is -0.164. The van der Waals surface area contributed by atoms with Gasteiger partial charge < -0.3 is 34.4 Å². The number of carbonyl (C=O) groups excluding carboxylic acids is 4. The van der Waals surface area contributed by atoms with Crippen LogP contribution in [-0.2, 0) is 33.4 Å². The highest BCUT2D eigenvalue weighted by Gasteiger charge is 2.76. The maximum Gasteiger partial charge on any atom is 0.313 e. The number of hydrogen-bond acceptors (Lipinski definition) is 8. The van der Waals surface area contributed by atoms with Crippen molar-refractivity contribution < 1.29 is 38.5 Å². The Bertz CT molecular complexity index is 1360. The number of aliphatic hydroxyl groups excluding tert-OH is 1. The van der Waals surface area contributed by atoms with Crippen molar-refractivity contribution in [2.75, 3.05) is 26.9 Å². The molecule has 3 aliphatic heterocycles. The van der Waals surface area contributed by atoms with Crippen LogP contribution in [0.25, 0.3) is 0 Å². The fraction of sp³-hybridized carbons (Fsp3) is 0.632. The maximum absolute atomic E-state index is 14.7. The van der Waals surface area contributed by atoms with E-state index < -0.39 is 65.2 Å². The van der Waals surface area contributed by atoms with Gasteiger partial charge in [-0.25, -0.2) is 0 Å². The molecule has 1 aromatic carbocycles. The highest BCUT2D eigenvalue weighted by atomic mass is 16.6. The Kier molecular flexibility index (Phi) is 12.5. The molecule has 4 rings (SSSR count). The standard InChI is InChI=1S/C38H55N3O8/c1-9-11-17-29(43)39-27(23-47-8)32(25-15-13-12-14-16-25)48-36(46)30-28-18-19-38(49-28)31(30)34(44)41(26(22-42)21-24(3)4)33(38)35(45)40(20-10-2)37(5,6)7/h9-10,12-16,24,26-28,30-33,42H,1-2,11,17-23H2,3-8H3,(H,39,43)/t26-,27+,28-,30+,31+,32+,33-,38+/m1/s1. The van der Waals surface area contributed by atoms with Gasteiger partial charge in [0, 0.05) is 25.6 Å². The highest BCUT2D eigenvalue weighted by molar-refractivity contribution is 5.98. The number of fused-ring (bicyclic) bond motifs is 1. The number of hydrogen-bond donors (Lipinski definition) is 2. The monoisotopic (exact) mass is 681 g/mol. The van der Waals surface area contributed by atoms with Crippen LogP contribution in [0.5, 0.6) is 0 Å². The highest BCUT2D eigenvalue weighted by Crippen LogP contribution is 2.59. The second-order valence-electron chi connectivity index (χ2n) is 14.9. The molecule has 11 nitrogen and oxygen atoms in total. The molecule has 0 aliphatic carbocycles. The smallest absolute Gasteiger partial charge is 0.313 e. The first kappa shape index (κ1) is 38.3. The van der Waals surface area contributed by atoms with Gasteiger partial charge in [0.25, 0.3) is 0 Å². The van der Waals surface area contributed by atoms with Gasteiger partial charge in [-0.2, -0.15) is 0 Å². The van der Waals surface area contributed by atoms with E-state index in [2.05, 4.69) is 18.5 Å². The fourth-order valence-electron chi connectivity index (χ4n) is 7.95. The number of esters is 1. The molecule has 3 heterocycles. The van der Waals surface area contributed by atoms with Crippen LogP contribution in [0.2, 0.25) is 0 Å². The molecule has 49 heavy (non-hydrogen) atoms. The molecule has 3 aliphatic rings. The zero-order valence-corrected chi connectivity index (χ0v) is 29.9. The summed E-state index contributed by atoms with van der Waals surface area (Å²) in [5.41, 5.74) is -1.23. The number of methoxy groups -OCH3 is 1. The third kappa shape index (κ3) is 7.79. The van der Waals surface area contributed by atoms with Gasteiger partial charge in [-0.15, -0.1) is 13.2 Å². The summed E-state index contributed by atoms with van der Waals surface area (Å²) < 4.78 is 18.4. The molecule has 0 saturated carbocycles. The Balaban J connectivity index is 1.75. The number of nitrogens with one attached hydrogen (secondary N) is 1. The van der Waals surface area contributed by atoms with Crippen LogP contribution < -0.4 is 5.32 Å². The lowest BCUT2D eigenvalue weighted by atomic mass is 9.70. The summed E-state index contributed by atoms with van der Waals surface area (Å²) in [5.74, 6) is -3.44. The minimum absolute atomic E-state index is 0.0627. The van der Waals surface area contributed by atoms with E-state index >= 15 is 0 Å². The summed E-state index contributed by atoms with van der Waals surface area (Å²) >= 11 is 0. The summed E-state index contributed by atoms with van der Waals surface area (Å²) in [4.78, 5) is 59.9. The second-order valence-corrected chi connectivity index (χ2v) is 14.9. The summed E-state index contributed by atoms with van der Waals surface area (Å²) in [5, 5.41) is 13.6. The molecule has 11 heteroatoms. The lowest BCUT2D eigenvalue weighted by Crippen LogP contribution is -2.61. The zero-order valence-electron chi connectivity index (χ0n) is 29.9. The molecule has 0 unspecified atom stereocenters. The SMILES string of the molecule is C=CCCC(=O)N[C@@H](COC)[C@@H](OC(=O)[C@@H]1[C@H]2C(=O)N([C@@H](CO)CC(C)C)[C@H](C(=O)N(CC=C)C(C)(C)C)[C@]23CC[C@H]1O3)c1ccccc1. The Morgan fingerprint density at radius 2 is 1.88 bits per heavy atom. The summed E-state index contributed by atoms with van der Waals surface area (Å²) in [7, 11) is 1.51. The molecule has 1 aromatic rings. The fourth-order valence-corrected chi connectivity index (χ4v) is 7.95. The largest absolute Gasteiger partial charge is 0.455 e. The van der Waals surface area contributed by atoms with Crippen LogP contribution in [0.15, 0.2) is 55.6 Å². The predicted molar refractivity (Wildman–Crippen MR) is 185 cm³/mol. The molecule has 3 saturated heterocycles. The molecule has 0 radical (unpaired) electrons. The molecular weight excluding hydrogens is 626 g/mol. The molecule has 2 bridgehead atoms. The Morgan fingerprint density at radius 3 is 2.45 bits per heavy atom. The van der Waals surface area contributed by atoms with Crippen LogP contribution in [0.4, 0.5) is 0 Å². The second kappa shape index (κ2) is 16.0. The lowest BCUT2D eigenvalue weighted by Gasteiger charge is -2.43. The minimum atomic E-state index is -1.27. The molecule has 3 fully saturated rings. The van der Waals surface area contributed by atoms with Crippen molar-refractivity contribution >= 4 is 23.7 Å². The summed E-state index contributed by atoms with van der Waals surface area (Å²) in [6, 6.07) is 6.68. The number of nitrogens with zero attached hydrogens (tertiary/aromatic N) is 2. The quantitative estimate of drug-likeness (QED) is 0.187. The number of aliphatic hydroxyl groups is 1. The average molecular weight is 682 g/mol.